The summed E-state index contributed by atoms with van der Waals surface area (Å²) in [5.74, 6) is 0.134. The molecule has 4 heteroatoms. The molecular weight excluding hydrogens is 526 g/mol. The topological polar surface area (TPSA) is 18.5 Å². The number of ether oxygens (including phenoxy) is 2. The molecular formula is C36H38O2P2. The van der Waals surface area contributed by atoms with Gasteiger partial charge in [0.25, 0.3) is 0 Å². The van der Waals surface area contributed by atoms with Crippen LogP contribution in [0.2, 0.25) is 0 Å². The molecule has 4 aromatic rings. The van der Waals surface area contributed by atoms with E-state index in [1.807, 2.05) is 0 Å². The molecule has 204 valence electrons. The van der Waals surface area contributed by atoms with Gasteiger partial charge >= 0.3 is 0 Å². The highest BCUT2D eigenvalue weighted by Gasteiger charge is 2.75. The van der Waals surface area contributed by atoms with Gasteiger partial charge in [0.05, 0.1) is 13.2 Å². The quantitative estimate of drug-likeness (QED) is 0.219. The van der Waals surface area contributed by atoms with Crippen LogP contribution in [0.3, 0.4) is 0 Å². The largest absolute Gasteiger partial charge is 0.347 e. The van der Waals surface area contributed by atoms with E-state index in [-0.39, 0.29) is 10.8 Å². The van der Waals surface area contributed by atoms with Crippen LogP contribution >= 0.6 is 15.8 Å². The summed E-state index contributed by atoms with van der Waals surface area (Å²) in [5, 5.41) is 5.86. The number of benzene rings is 4. The maximum Gasteiger partial charge on any atom is 0.175 e. The van der Waals surface area contributed by atoms with E-state index in [2.05, 4.69) is 128 Å². The summed E-state index contributed by atoms with van der Waals surface area (Å²) in [6.07, 6.45) is 5.76. The third kappa shape index (κ3) is 4.31. The third-order valence-corrected chi connectivity index (χ3v) is 15.6. The van der Waals surface area contributed by atoms with E-state index in [0.717, 1.165) is 12.6 Å². The van der Waals surface area contributed by atoms with Crippen LogP contribution in [0.25, 0.3) is 0 Å². The average molecular weight is 565 g/mol. The van der Waals surface area contributed by atoms with Crippen molar-refractivity contribution in [3.63, 3.8) is 0 Å². The predicted molar refractivity (Wildman–Crippen MR) is 170 cm³/mol. The maximum atomic E-state index is 6.80. The van der Waals surface area contributed by atoms with Gasteiger partial charge in [0.1, 0.15) is 0 Å². The number of rotatable bonds is 8. The molecule has 1 spiro atoms. The van der Waals surface area contributed by atoms with E-state index in [1.54, 1.807) is 0 Å². The van der Waals surface area contributed by atoms with Crippen LogP contribution in [0.5, 0.6) is 0 Å². The normalized spacial score (nSPS) is 26.7. The zero-order valence-electron chi connectivity index (χ0n) is 23.3. The fourth-order valence-corrected chi connectivity index (χ4v) is 14.1. The Morgan fingerprint density at radius 1 is 0.600 bits per heavy atom. The van der Waals surface area contributed by atoms with Crippen LogP contribution in [0.15, 0.2) is 121 Å². The first-order chi connectivity index (χ1) is 19.6. The van der Waals surface area contributed by atoms with Gasteiger partial charge in [-0.1, -0.05) is 128 Å². The Balaban J connectivity index is 1.36. The van der Waals surface area contributed by atoms with Crippen LogP contribution in [0.1, 0.15) is 26.2 Å². The highest BCUT2D eigenvalue weighted by Crippen LogP contribution is 2.76. The smallest absolute Gasteiger partial charge is 0.175 e. The van der Waals surface area contributed by atoms with Gasteiger partial charge in [-0.3, -0.25) is 0 Å². The number of fused-ring (bicyclic) bond motifs is 3. The Labute approximate surface area is 241 Å². The van der Waals surface area contributed by atoms with Gasteiger partial charge in [-0.25, -0.2) is 0 Å². The van der Waals surface area contributed by atoms with Crippen LogP contribution in [0, 0.1) is 16.7 Å². The summed E-state index contributed by atoms with van der Waals surface area (Å²) in [7, 11) is -1.10. The lowest BCUT2D eigenvalue weighted by Gasteiger charge is -2.51. The SMILES string of the molecule is C[C@@]1(CP(c2ccccc2)c2ccccc2)[C@@H]2CC[C@@]1(CP(c1ccccc1)c1ccccc1)C1(C2)OCCO1. The van der Waals surface area contributed by atoms with Crippen molar-refractivity contribution in [1.82, 2.24) is 0 Å². The van der Waals surface area contributed by atoms with Crippen molar-refractivity contribution < 1.29 is 9.47 Å². The van der Waals surface area contributed by atoms with Crippen molar-refractivity contribution in [2.75, 3.05) is 25.5 Å². The first-order valence-electron chi connectivity index (χ1n) is 14.7. The van der Waals surface area contributed by atoms with Crippen molar-refractivity contribution in [3.8, 4) is 0 Å². The minimum absolute atomic E-state index is 0.0390. The summed E-state index contributed by atoms with van der Waals surface area (Å²) in [6.45, 7) is 4.05. The van der Waals surface area contributed by atoms with E-state index in [4.69, 9.17) is 9.47 Å². The van der Waals surface area contributed by atoms with E-state index in [9.17, 15) is 0 Å². The molecule has 0 aromatic heterocycles. The average Bonchev–Trinajstić information content (AvgIpc) is 3.65. The lowest BCUT2D eigenvalue weighted by atomic mass is 9.68. The highest BCUT2D eigenvalue weighted by atomic mass is 31.1. The lowest BCUT2D eigenvalue weighted by Crippen LogP contribution is -2.54. The van der Waals surface area contributed by atoms with E-state index >= 15 is 0 Å². The Morgan fingerprint density at radius 3 is 1.43 bits per heavy atom. The van der Waals surface area contributed by atoms with Crippen LogP contribution in [-0.4, -0.2) is 31.3 Å². The van der Waals surface area contributed by atoms with Crippen molar-refractivity contribution in [3.05, 3.63) is 121 Å². The highest BCUT2D eigenvalue weighted by molar-refractivity contribution is 7.73. The molecule has 2 saturated carbocycles. The van der Waals surface area contributed by atoms with Crippen LogP contribution in [0.4, 0.5) is 0 Å². The molecule has 3 fully saturated rings. The van der Waals surface area contributed by atoms with Crippen molar-refractivity contribution in [1.29, 1.82) is 0 Å². The Kier molecular flexibility index (Phi) is 7.18. The van der Waals surface area contributed by atoms with Gasteiger partial charge in [0.2, 0.25) is 0 Å². The Morgan fingerprint density at radius 2 is 1.00 bits per heavy atom. The summed E-state index contributed by atoms with van der Waals surface area (Å²) in [4.78, 5) is 0. The molecule has 3 atom stereocenters. The maximum absolute atomic E-state index is 6.80. The van der Waals surface area contributed by atoms with Crippen LogP contribution in [-0.2, 0) is 9.47 Å². The fourth-order valence-electron chi connectivity index (χ4n) is 8.09. The van der Waals surface area contributed by atoms with Gasteiger partial charge in [-0.05, 0) is 73.6 Å². The zero-order valence-corrected chi connectivity index (χ0v) is 25.1. The second-order valence-corrected chi connectivity index (χ2v) is 16.3. The van der Waals surface area contributed by atoms with Crippen molar-refractivity contribution >= 4 is 37.1 Å². The van der Waals surface area contributed by atoms with Crippen molar-refractivity contribution in [2.45, 2.75) is 32.0 Å². The van der Waals surface area contributed by atoms with Gasteiger partial charge in [0, 0.05) is 11.8 Å². The van der Waals surface area contributed by atoms with Gasteiger partial charge in [0.15, 0.2) is 5.79 Å². The molecule has 1 saturated heterocycles. The standard InChI is InChI=1S/C36H38O2P2/c1-34(27-39(30-14-6-2-7-15-30)31-16-8-3-9-17-31)29-22-23-35(34,36(26-29)37-24-25-38-36)28-40(32-18-10-4-11-19-32)33-20-12-5-13-21-33/h2-21,29H,22-28H2,1H3/t29-,34-,35+/m1/s1. The Bertz CT molecular complexity index is 1330. The molecule has 0 N–H and O–H groups in total. The molecule has 2 bridgehead atoms. The van der Waals surface area contributed by atoms with Crippen LogP contribution < -0.4 is 21.2 Å². The molecule has 1 aliphatic heterocycles. The van der Waals surface area contributed by atoms with Gasteiger partial charge in [-0.2, -0.15) is 0 Å². The molecule has 1 heterocycles. The summed E-state index contributed by atoms with van der Waals surface area (Å²) >= 11 is 0. The molecule has 2 nitrogen and oxygen atoms in total. The molecule has 2 aliphatic carbocycles. The van der Waals surface area contributed by atoms with E-state index in [0.29, 0.717) is 19.1 Å². The molecule has 0 radical (unpaired) electrons. The van der Waals surface area contributed by atoms with Crippen molar-refractivity contribution in [2.24, 2.45) is 16.7 Å². The minimum atomic E-state index is -0.576. The second-order valence-electron chi connectivity index (χ2n) is 11.9. The number of hydrogen-bond donors (Lipinski definition) is 0. The monoisotopic (exact) mass is 564 g/mol. The predicted octanol–water partition coefficient (Wildman–Crippen LogP) is 6.80. The summed E-state index contributed by atoms with van der Waals surface area (Å²) < 4.78 is 13.6. The number of hydrogen-bond acceptors (Lipinski definition) is 2. The van der Waals surface area contributed by atoms with Gasteiger partial charge < -0.3 is 9.47 Å². The molecule has 3 aliphatic rings. The second kappa shape index (κ2) is 10.8. The molecule has 0 unspecified atom stereocenters. The fraction of sp³-hybridized carbons (Fsp3) is 0.333. The zero-order chi connectivity index (χ0) is 27.0. The third-order valence-electron chi connectivity index (χ3n) is 10.1. The molecule has 4 aromatic carbocycles. The van der Waals surface area contributed by atoms with E-state index < -0.39 is 21.6 Å². The lowest BCUT2D eigenvalue weighted by molar-refractivity contribution is -0.234. The molecule has 7 rings (SSSR count). The first-order valence-corrected chi connectivity index (χ1v) is 17.7. The summed E-state index contributed by atoms with van der Waals surface area (Å²) in [6, 6.07) is 45.0. The molecule has 40 heavy (non-hydrogen) atoms. The summed E-state index contributed by atoms with van der Waals surface area (Å²) in [5.41, 5.74) is 0.0710. The minimum Gasteiger partial charge on any atom is -0.347 e. The molecule has 0 amide bonds. The van der Waals surface area contributed by atoms with E-state index in [1.165, 1.54) is 40.2 Å². The Hall–Kier alpha value is -2.34. The first kappa shape index (κ1) is 26.6. The van der Waals surface area contributed by atoms with Gasteiger partial charge in [-0.15, -0.1) is 0 Å².